The summed E-state index contributed by atoms with van der Waals surface area (Å²) >= 11 is 0. The summed E-state index contributed by atoms with van der Waals surface area (Å²) in [5.74, 6) is -1.74. The molecule has 1 aliphatic rings. The lowest BCUT2D eigenvalue weighted by atomic mass is 10.1. The van der Waals surface area contributed by atoms with E-state index < -0.39 is 29.4 Å². The van der Waals surface area contributed by atoms with Crippen molar-refractivity contribution in [2.75, 3.05) is 6.73 Å². The molecular formula is C20H12N2O7. The highest BCUT2D eigenvalue weighted by Gasteiger charge is 2.36. The van der Waals surface area contributed by atoms with Crippen molar-refractivity contribution in [2.24, 2.45) is 0 Å². The molecule has 29 heavy (non-hydrogen) atoms. The highest BCUT2D eigenvalue weighted by atomic mass is 16.6. The molecule has 9 heteroatoms. The first-order valence-electron chi connectivity index (χ1n) is 8.43. The molecule has 2 amide bonds. The van der Waals surface area contributed by atoms with Gasteiger partial charge in [-0.2, -0.15) is 0 Å². The second-order valence-corrected chi connectivity index (χ2v) is 6.11. The largest absolute Gasteiger partial charge is 0.449 e. The van der Waals surface area contributed by atoms with Crippen molar-refractivity contribution in [1.29, 1.82) is 0 Å². The zero-order valence-corrected chi connectivity index (χ0v) is 14.7. The quantitative estimate of drug-likeness (QED) is 0.283. The maximum absolute atomic E-state index is 12.3. The summed E-state index contributed by atoms with van der Waals surface area (Å²) in [6, 6.07) is 14.8. The number of ether oxygens (including phenoxy) is 1. The molecule has 0 bridgehead atoms. The number of carbonyl (C=O) groups excluding carboxylic acids is 3. The van der Waals surface area contributed by atoms with Crippen LogP contribution in [0.15, 0.2) is 65.1 Å². The van der Waals surface area contributed by atoms with E-state index in [1.807, 2.05) is 0 Å². The second-order valence-electron chi connectivity index (χ2n) is 6.11. The lowest BCUT2D eigenvalue weighted by Crippen LogP contribution is -2.33. The number of furan rings is 1. The number of esters is 1. The molecule has 0 saturated carbocycles. The van der Waals surface area contributed by atoms with Gasteiger partial charge in [0.05, 0.1) is 16.1 Å². The van der Waals surface area contributed by atoms with E-state index in [4.69, 9.17) is 9.15 Å². The van der Waals surface area contributed by atoms with Crippen LogP contribution in [0.1, 0.15) is 31.3 Å². The van der Waals surface area contributed by atoms with Crippen LogP contribution >= 0.6 is 0 Å². The first-order valence-corrected chi connectivity index (χ1v) is 8.43. The van der Waals surface area contributed by atoms with Gasteiger partial charge in [-0.1, -0.05) is 12.1 Å². The Morgan fingerprint density at radius 3 is 2.17 bits per heavy atom. The van der Waals surface area contributed by atoms with Crippen LogP contribution in [0, 0.1) is 10.1 Å². The molecule has 0 unspecified atom stereocenters. The minimum absolute atomic E-state index is 0.0686. The first kappa shape index (κ1) is 18.1. The first-order chi connectivity index (χ1) is 14.0. The van der Waals surface area contributed by atoms with Gasteiger partial charge in [0.1, 0.15) is 5.76 Å². The Bertz CT molecular complexity index is 1110. The summed E-state index contributed by atoms with van der Waals surface area (Å²) in [5.41, 5.74) is 0.981. The normalized spacial score (nSPS) is 12.8. The third-order valence-electron chi connectivity index (χ3n) is 4.37. The number of amides is 2. The maximum Gasteiger partial charge on any atom is 0.375 e. The van der Waals surface area contributed by atoms with Gasteiger partial charge in [0.15, 0.2) is 6.73 Å². The number of hydrogen-bond donors (Lipinski definition) is 0. The summed E-state index contributed by atoms with van der Waals surface area (Å²) < 4.78 is 10.5. The predicted molar refractivity (Wildman–Crippen MR) is 98.0 cm³/mol. The van der Waals surface area contributed by atoms with E-state index in [1.54, 1.807) is 12.1 Å². The average molecular weight is 392 g/mol. The number of rotatable bonds is 5. The molecule has 0 N–H and O–H groups in total. The molecular weight excluding hydrogens is 380 g/mol. The van der Waals surface area contributed by atoms with Crippen LogP contribution in [0.3, 0.4) is 0 Å². The number of fused-ring (bicyclic) bond motifs is 1. The average Bonchev–Trinajstić information content (AvgIpc) is 3.31. The van der Waals surface area contributed by atoms with Crippen molar-refractivity contribution in [3.8, 4) is 11.3 Å². The molecule has 3 aromatic rings. The molecule has 2 aromatic carbocycles. The lowest BCUT2D eigenvalue weighted by molar-refractivity contribution is -0.384. The van der Waals surface area contributed by atoms with Crippen molar-refractivity contribution < 1.29 is 28.5 Å². The van der Waals surface area contributed by atoms with E-state index in [0.29, 0.717) is 11.3 Å². The fourth-order valence-electron chi connectivity index (χ4n) is 2.90. The third kappa shape index (κ3) is 3.25. The van der Waals surface area contributed by atoms with Crippen LogP contribution in [0.2, 0.25) is 0 Å². The molecule has 0 radical (unpaired) electrons. The Hall–Kier alpha value is -4.27. The van der Waals surface area contributed by atoms with E-state index in [9.17, 15) is 24.5 Å². The van der Waals surface area contributed by atoms with E-state index in [2.05, 4.69) is 0 Å². The van der Waals surface area contributed by atoms with Crippen LogP contribution in [-0.4, -0.2) is 34.3 Å². The molecule has 0 spiro atoms. The number of carbonyl (C=O) groups is 3. The van der Waals surface area contributed by atoms with Gasteiger partial charge in [-0.15, -0.1) is 0 Å². The summed E-state index contributed by atoms with van der Waals surface area (Å²) in [5, 5.41) is 10.7. The van der Waals surface area contributed by atoms with E-state index >= 15 is 0 Å². The molecule has 0 saturated heterocycles. The Balaban J connectivity index is 1.43. The number of nitro groups is 1. The maximum atomic E-state index is 12.3. The van der Waals surface area contributed by atoms with Crippen LogP contribution in [0.4, 0.5) is 5.69 Å². The van der Waals surface area contributed by atoms with Gasteiger partial charge in [-0.3, -0.25) is 19.7 Å². The topological polar surface area (TPSA) is 120 Å². The smallest absolute Gasteiger partial charge is 0.375 e. The lowest BCUT2D eigenvalue weighted by Gasteiger charge is -2.13. The molecule has 0 atom stereocenters. The predicted octanol–water partition coefficient (Wildman–Crippen LogP) is 3.27. The SMILES string of the molecule is O=C(OCN1C(=O)c2ccccc2C1=O)c1ccc(-c2ccc([N+](=O)[O-])cc2)o1. The number of benzene rings is 2. The molecule has 144 valence electrons. The minimum atomic E-state index is -0.852. The summed E-state index contributed by atoms with van der Waals surface area (Å²) in [6.45, 7) is -0.543. The molecule has 1 aromatic heterocycles. The molecule has 2 heterocycles. The van der Waals surface area contributed by atoms with Crippen molar-refractivity contribution in [1.82, 2.24) is 4.90 Å². The fourth-order valence-corrected chi connectivity index (χ4v) is 2.90. The van der Waals surface area contributed by atoms with E-state index in [0.717, 1.165) is 4.90 Å². The van der Waals surface area contributed by atoms with Gasteiger partial charge < -0.3 is 9.15 Å². The van der Waals surface area contributed by atoms with Gasteiger partial charge in [0.25, 0.3) is 17.5 Å². The minimum Gasteiger partial charge on any atom is -0.449 e. The van der Waals surface area contributed by atoms with Gasteiger partial charge >= 0.3 is 5.97 Å². The number of non-ortho nitro benzene ring substituents is 1. The van der Waals surface area contributed by atoms with Crippen molar-refractivity contribution in [3.05, 3.63) is 87.7 Å². The van der Waals surface area contributed by atoms with Crippen LogP contribution in [0.25, 0.3) is 11.3 Å². The van der Waals surface area contributed by atoms with Gasteiger partial charge in [-0.25, -0.2) is 9.69 Å². The molecule has 4 rings (SSSR count). The second kappa shape index (κ2) is 7.04. The van der Waals surface area contributed by atoms with E-state index in [1.165, 1.54) is 48.5 Å². The number of nitrogens with zero attached hydrogens (tertiary/aromatic N) is 2. The van der Waals surface area contributed by atoms with E-state index in [-0.39, 0.29) is 22.6 Å². The molecule has 9 nitrogen and oxygen atoms in total. The molecule has 0 aliphatic carbocycles. The Labute approximate surface area is 163 Å². The highest BCUT2D eigenvalue weighted by Crippen LogP contribution is 2.26. The summed E-state index contributed by atoms with van der Waals surface area (Å²) in [4.78, 5) is 47.8. The standard InChI is InChI=1S/C20H12N2O7/c23-18-14-3-1-2-4-15(14)19(24)21(18)11-28-20(25)17-10-9-16(29-17)12-5-7-13(8-6-12)22(26)27/h1-10H,11H2. The van der Waals surface area contributed by atoms with Crippen molar-refractivity contribution >= 4 is 23.5 Å². The Morgan fingerprint density at radius 1 is 0.966 bits per heavy atom. The number of imide groups is 1. The van der Waals surface area contributed by atoms with Crippen LogP contribution < -0.4 is 0 Å². The van der Waals surface area contributed by atoms with Gasteiger partial charge in [0, 0.05) is 17.7 Å². The van der Waals surface area contributed by atoms with Crippen molar-refractivity contribution in [2.45, 2.75) is 0 Å². The van der Waals surface area contributed by atoms with Crippen LogP contribution in [0.5, 0.6) is 0 Å². The van der Waals surface area contributed by atoms with Crippen LogP contribution in [-0.2, 0) is 4.74 Å². The third-order valence-corrected chi connectivity index (χ3v) is 4.37. The fraction of sp³-hybridized carbons (Fsp3) is 0.0500. The Morgan fingerprint density at radius 2 is 1.59 bits per heavy atom. The zero-order valence-electron chi connectivity index (χ0n) is 14.7. The Kier molecular flexibility index (Phi) is 4.40. The highest BCUT2D eigenvalue weighted by molar-refractivity contribution is 6.21. The van der Waals surface area contributed by atoms with Gasteiger partial charge in [0.2, 0.25) is 5.76 Å². The summed E-state index contributed by atoms with van der Waals surface area (Å²) in [7, 11) is 0. The van der Waals surface area contributed by atoms with Gasteiger partial charge in [-0.05, 0) is 36.4 Å². The van der Waals surface area contributed by atoms with Crippen molar-refractivity contribution in [3.63, 3.8) is 0 Å². The monoisotopic (exact) mass is 392 g/mol. The number of nitro benzene ring substituents is 1. The molecule has 1 aliphatic heterocycles. The number of hydrogen-bond acceptors (Lipinski definition) is 7. The summed E-state index contributed by atoms with van der Waals surface area (Å²) in [6.07, 6.45) is 0. The zero-order chi connectivity index (χ0) is 20.5. The molecule has 0 fully saturated rings.